The fourth-order valence-electron chi connectivity index (χ4n) is 0.0430. The number of carbonyl (C=O) groups is 1. The van der Waals surface area contributed by atoms with Crippen LogP contribution in [0.5, 0.6) is 0 Å². The molecule has 34 valence electrons. The highest BCUT2D eigenvalue weighted by atomic mass is 16.1. The summed E-state index contributed by atoms with van der Waals surface area (Å²) in [5.74, 6) is 0. The molecular formula is C4H7NO. The summed E-state index contributed by atoms with van der Waals surface area (Å²) in [5.41, 5.74) is 0. The summed E-state index contributed by atoms with van der Waals surface area (Å²) in [6.07, 6.45) is 2.12. The molecule has 0 aromatic rings. The second-order valence-electron chi connectivity index (χ2n) is 0.953. The molecule has 6 heavy (non-hydrogen) atoms. The molecule has 0 saturated carbocycles. The normalized spacial score (nSPS) is 6.83. The number of amides is 1. The zero-order chi connectivity index (χ0) is 4.99. The Morgan fingerprint density at radius 1 is 1.83 bits per heavy atom. The summed E-state index contributed by atoms with van der Waals surface area (Å²) in [6.45, 7) is 3.33. The number of nitrogens with zero attached hydrogens (tertiary/aromatic N) is 1. The summed E-state index contributed by atoms with van der Waals surface area (Å²) in [4.78, 5) is 10.9. The molecule has 2 heteroatoms. The van der Waals surface area contributed by atoms with Gasteiger partial charge in [-0.25, -0.2) is 0 Å². The average Bonchev–Trinajstić information content (AvgIpc) is 1.65. The SMILES string of the molecule is C=CN(C)C=O. The smallest absolute Gasteiger partial charge is 0.213 e. The number of carbonyl (C=O) groups excluding carboxylic acids is 1. The Hall–Kier alpha value is -0.790. The maximum Gasteiger partial charge on any atom is 0.213 e. The van der Waals surface area contributed by atoms with Crippen LogP contribution in [0.15, 0.2) is 12.8 Å². The van der Waals surface area contributed by atoms with Gasteiger partial charge in [-0.05, 0) is 6.20 Å². The van der Waals surface area contributed by atoms with Crippen molar-refractivity contribution in [2.75, 3.05) is 7.05 Å². The molecule has 0 aliphatic rings. The lowest BCUT2D eigenvalue weighted by atomic mass is 10.8. The molecule has 0 aliphatic heterocycles. The molecule has 0 radical (unpaired) electrons. The second-order valence-corrected chi connectivity index (χ2v) is 0.953. The largest absolute Gasteiger partial charge is 0.325 e. The third-order valence-corrected chi connectivity index (χ3v) is 0.454. The van der Waals surface area contributed by atoms with Crippen molar-refractivity contribution in [2.45, 2.75) is 0 Å². The monoisotopic (exact) mass is 85.1 g/mol. The van der Waals surface area contributed by atoms with Gasteiger partial charge < -0.3 is 4.90 Å². The first-order valence-electron chi connectivity index (χ1n) is 1.61. The van der Waals surface area contributed by atoms with Crippen molar-refractivity contribution >= 4 is 6.41 Å². The van der Waals surface area contributed by atoms with E-state index >= 15 is 0 Å². The summed E-state index contributed by atoms with van der Waals surface area (Å²) in [7, 11) is 1.62. The Labute approximate surface area is 37.1 Å². The predicted molar refractivity (Wildman–Crippen MR) is 24.0 cm³/mol. The summed E-state index contributed by atoms with van der Waals surface area (Å²) >= 11 is 0. The van der Waals surface area contributed by atoms with Crippen molar-refractivity contribution in [3.63, 3.8) is 0 Å². The van der Waals surface area contributed by atoms with Gasteiger partial charge in [-0.1, -0.05) is 6.58 Å². The third-order valence-electron chi connectivity index (χ3n) is 0.454. The van der Waals surface area contributed by atoms with Crippen LogP contribution in [0.1, 0.15) is 0 Å². The van der Waals surface area contributed by atoms with E-state index in [2.05, 4.69) is 6.58 Å². The Kier molecular flexibility index (Phi) is 2.13. The molecule has 1 amide bonds. The Morgan fingerprint density at radius 2 is 2.33 bits per heavy atom. The van der Waals surface area contributed by atoms with Crippen LogP contribution in [0.25, 0.3) is 0 Å². The highest BCUT2D eigenvalue weighted by Gasteiger charge is 1.73. The summed E-state index contributed by atoms with van der Waals surface area (Å²) in [6, 6.07) is 0. The minimum atomic E-state index is 0.688. The van der Waals surface area contributed by atoms with Crippen molar-refractivity contribution < 1.29 is 4.79 Å². The van der Waals surface area contributed by atoms with Crippen LogP contribution in [0.3, 0.4) is 0 Å². The summed E-state index contributed by atoms with van der Waals surface area (Å²) < 4.78 is 0. The van der Waals surface area contributed by atoms with Crippen LogP contribution in [-0.4, -0.2) is 18.4 Å². The molecule has 0 saturated heterocycles. The second kappa shape index (κ2) is 2.45. The molecule has 0 fully saturated rings. The first kappa shape index (κ1) is 5.21. The van der Waals surface area contributed by atoms with Crippen LogP contribution in [0.2, 0.25) is 0 Å². The molecule has 0 heterocycles. The van der Waals surface area contributed by atoms with Crippen LogP contribution in [0, 0.1) is 0 Å². The van der Waals surface area contributed by atoms with Crippen molar-refractivity contribution in [3.05, 3.63) is 12.8 Å². The maximum atomic E-state index is 9.59. The van der Waals surface area contributed by atoms with Gasteiger partial charge in [-0.15, -0.1) is 0 Å². The van der Waals surface area contributed by atoms with Crippen LogP contribution in [-0.2, 0) is 4.79 Å². The van der Waals surface area contributed by atoms with E-state index in [0.29, 0.717) is 6.41 Å². The zero-order valence-corrected chi connectivity index (χ0v) is 3.72. The van der Waals surface area contributed by atoms with Gasteiger partial charge >= 0.3 is 0 Å². The number of rotatable bonds is 2. The molecular weight excluding hydrogens is 78.0 g/mol. The van der Waals surface area contributed by atoms with Gasteiger partial charge in [0.1, 0.15) is 0 Å². The lowest BCUT2D eigenvalue weighted by molar-refractivity contribution is -0.114. The molecule has 2 nitrogen and oxygen atoms in total. The van der Waals surface area contributed by atoms with Gasteiger partial charge in [0.05, 0.1) is 0 Å². The molecule has 0 aromatic heterocycles. The number of hydrogen-bond acceptors (Lipinski definition) is 1. The Balaban J connectivity index is 3.21. The Morgan fingerprint density at radius 3 is 2.33 bits per heavy atom. The average molecular weight is 85.1 g/mol. The molecule has 0 aliphatic carbocycles. The van der Waals surface area contributed by atoms with Crippen molar-refractivity contribution in [2.24, 2.45) is 0 Å². The first-order chi connectivity index (χ1) is 2.81. The highest BCUT2D eigenvalue weighted by Crippen LogP contribution is 1.67. The van der Waals surface area contributed by atoms with Crippen molar-refractivity contribution in [3.8, 4) is 0 Å². The minimum Gasteiger partial charge on any atom is -0.325 e. The maximum absolute atomic E-state index is 9.59. The molecule has 0 N–H and O–H groups in total. The van der Waals surface area contributed by atoms with E-state index in [4.69, 9.17) is 0 Å². The topological polar surface area (TPSA) is 20.3 Å². The van der Waals surface area contributed by atoms with E-state index in [1.807, 2.05) is 0 Å². The van der Waals surface area contributed by atoms with E-state index in [1.54, 1.807) is 7.05 Å². The quantitative estimate of drug-likeness (QED) is 0.439. The first-order valence-corrected chi connectivity index (χ1v) is 1.61. The fourth-order valence-corrected chi connectivity index (χ4v) is 0.0430. The predicted octanol–water partition coefficient (Wildman–Crippen LogP) is 0.218. The van der Waals surface area contributed by atoms with Gasteiger partial charge in [0.15, 0.2) is 0 Å². The van der Waals surface area contributed by atoms with E-state index in [-0.39, 0.29) is 0 Å². The fraction of sp³-hybridized carbons (Fsp3) is 0.250. The molecule has 0 unspecified atom stereocenters. The molecule has 0 bridgehead atoms. The number of hydrogen-bond donors (Lipinski definition) is 0. The molecule has 0 aromatic carbocycles. The van der Waals surface area contributed by atoms with Crippen LogP contribution >= 0.6 is 0 Å². The highest BCUT2D eigenvalue weighted by molar-refractivity contribution is 5.47. The summed E-state index contributed by atoms with van der Waals surface area (Å²) in [5, 5.41) is 0. The van der Waals surface area contributed by atoms with Crippen LogP contribution < -0.4 is 0 Å². The van der Waals surface area contributed by atoms with Gasteiger partial charge in [-0.3, -0.25) is 4.79 Å². The molecule has 0 spiro atoms. The van der Waals surface area contributed by atoms with Crippen LogP contribution in [0.4, 0.5) is 0 Å². The van der Waals surface area contributed by atoms with Gasteiger partial charge in [0.2, 0.25) is 6.41 Å². The van der Waals surface area contributed by atoms with E-state index in [1.165, 1.54) is 11.1 Å². The van der Waals surface area contributed by atoms with Gasteiger partial charge in [-0.2, -0.15) is 0 Å². The van der Waals surface area contributed by atoms with Gasteiger partial charge in [0.25, 0.3) is 0 Å². The Bertz CT molecular complexity index is 52.6. The lowest BCUT2D eigenvalue weighted by Gasteiger charge is -1.96. The van der Waals surface area contributed by atoms with Crippen molar-refractivity contribution in [1.29, 1.82) is 0 Å². The van der Waals surface area contributed by atoms with E-state index < -0.39 is 0 Å². The van der Waals surface area contributed by atoms with E-state index in [9.17, 15) is 4.79 Å². The van der Waals surface area contributed by atoms with Gasteiger partial charge in [0, 0.05) is 7.05 Å². The zero-order valence-electron chi connectivity index (χ0n) is 3.72. The standard InChI is InChI=1S/C4H7NO/c1-3-5(2)4-6/h3-4H,1H2,2H3. The minimum absolute atomic E-state index is 0.688. The van der Waals surface area contributed by atoms with E-state index in [0.717, 1.165) is 0 Å². The third kappa shape index (κ3) is 1.52. The molecule has 0 atom stereocenters. The molecule has 0 rings (SSSR count). The lowest BCUT2D eigenvalue weighted by Crippen LogP contribution is -2.04. The van der Waals surface area contributed by atoms with Crippen molar-refractivity contribution in [1.82, 2.24) is 4.90 Å².